The zero-order chi connectivity index (χ0) is 12.7. The van der Waals surface area contributed by atoms with Gasteiger partial charge in [-0.2, -0.15) is 0 Å². The van der Waals surface area contributed by atoms with Gasteiger partial charge in [-0.25, -0.2) is 0 Å². The number of halogens is 1. The smallest absolute Gasteiger partial charge is 0.0178 e. The van der Waals surface area contributed by atoms with Gasteiger partial charge in [0.15, 0.2) is 0 Å². The molecule has 0 saturated heterocycles. The maximum Gasteiger partial charge on any atom is 0.0178 e. The molecule has 96 valence electrons. The van der Waals surface area contributed by atoms with Gasteiger partial charge in [0.1, 0.15) is 0 Å². The highest BCUT2D eigenvalue weighted by atomic mass is 79.9. The lowest BCUT2D eigenvalue weighted by Crippen LogP contribution is -2.18. The number of rotatable bonds is 7. The van der Waals surface area contributed by atoms with E-state index in [1.54, 1.807) is 0 Å². The van der Waals surface area contributed by atoms with Crippen molar-refractivity contribution in [2.45, 2.75) is 50.5 Å². The summed E-state index contributed by atoms with van der Waals surface area (Å²) in [5, 5.41) is 0. The molecule has 1 unspecified atom stereocenters. The largest absolute Gasteiger partial charge is 0.328 e. The first-order valence-electron chi connectivity index (χ1n) is 6.30. The predicted octanol–water partition coefficient (Wildman–Crippen LogP) is 4.62. The number of hydrogen-bond donors (Lipinski definition) is 1. The Bertz CT molecular complexity index is 339. The summed E-state index contributed by atoms with van der Waals surface area (Å²) in [5.41, 5.74) is 7.27. The topological polar surface area (TPSA) is 26.0 Å². The Labute approximate surface area is 118 Å². The molecule has 0 fully saturated rings. The van der Waals surface area contributed by atoms with Crippen molar-refractivity contribution in [3.05, 3.63) is 28.2 Å². The van der Waals surface area contributed by atoms with Crippen LogP contribution in [0.5, 0.6) is 0 Å². The summed E-state index contributed by atoms with van der Waals surface area (Å²) < 4.78 is 1.14. The summed E-state index contributed by atoms with van der Waals surface area (Å²) in [6.07, 6.45) is 4.87. The van der Waals surface area contributed by atoms with Crippen LogP contribution in [-0.2, 0) is 6.42 Å². The van der Waals surface area contributed by atoms with E-state index in [4.69, 9.17) is 5.73 Å². The van der Waals surface area contributed by atoms with Gasteiger partial charge in [-0.3, -0.25) is 0 Å². The Kier molecular flexibility index (Phi) is 7.24. The molecule has 1 nitrogen and oxygen atoms in total. The van der Waals surface area contributed by atoms with Crippen molar-refractivity contribution in [1.82, 2.24) is 0 Å². The average Bonchev–Trinajstić information content (AvgIpc) is 2.26. The molecule has 1 aromatic carbocycles. The third-order valence-electron chi connectivity index (χ3n) is 2.57. The molecule has 0 saturated carbocycles. The first kappa shape index (κ1) is 15.1. The lowest BCUT2D eigenvalue weighted by molar-refractivity contribution is 0.728. The van der Waals surface area contributed by atoms with Gasteiger partial charge in [0, 0.05) is 15.4 Å². The molecule has 0 amide bonds. The molecule has 3 heteroatoms. The van der Waals surface area contributed by atoms with Crippen LogP contribution in [0, 0.1) is 0 Å². The van der Waals surface area contributed by atoms with Crippen LogP contribution in [0.1, 0.15) is 38.7 Å². The van der Waals surface area contributed by atoms with Crippen molar-refractivity contribution in [3.63, 3.8) is 0 Å². The van der Waals surface area contributed by atoms with Crippen LogP contribution >= 0.6 is 27.7 Å². The van der Waals surface area contributed by atoms with Gasteiger partial charge in [-0.15, -0.1) is 11.8 Å². The second-order valence-corrected chi connectivity index (χ2v) is 6.54. The van der Waals surface area contributed by atoms with Gasteiger partial charge in [-0.1, -0.05) is 35.7 Å². The Morgan fingerprint density at radius 2 is 2.12 bits per heavy atom. The monoisotopic (exact) mass is 315 g/mol. The van der Waals surface area contributed by atoms with Crippen LogP contribution < -0.4 is 5.73 Å². The quantitative estimate of drug-likeness (QED) is 0.587. The third-order valence-corrected chi connectivity index (χ3v) is 4.27. The highest BCUT2D eigenvalue weighted by Gasteiger charge is 2.06. The van der Waals surface area contributed by atoms with E-state index < -0.39 is 0 Å². The van der Waals surface area contributed by atoms with Crippen molar-refractivity contribution in [2.75, 3.05) is 5.75 Å². The molecule has 1 atom stereocenters. The average molecular weight is 316 g/mol. The lowest BCUT2D eigenvalue weighted by atomic mass is 10.1. The molecule has 0 aliphatic heterocycles. The molecule has 0 aliphatic carbocycles. The van der Waals surface area contributed by atoms with E-state index in [1.165, 1.54) is 35.5 Å². The SMILES string of the molecule is CCCCCSc1ccc(Br)cc1CC(C)N. The first-order valence-corrected chi connectivity index (χ1v) is 8.08. The second-order valence-electron chi connectivity index (χ2n) is 4.49. The summed E-state index contributed by atoms with van der Waals surface area (Å²) in [6.45, 7) is 4.30. The van der Waals surface area contributed by atoms with Gasteiger partial charge in [0.05, 0.1) is 0 Å². The molecule has 0 heterocycles. The molecule has 0 aromatic heterocycles. The van der Waals surface area contributed by atoms with Gasteiger partial charge in [0.25, 0.3) is 0 Å². The van der Waals surface area contributed by atoms with Crippen molar-refractivity contribution >= 4 is 27.7 Å². The standard InChI is InChI=1S/C14H22BrNS/c1-3-4-5-8-17-14-7-6-13(15)10-12(14)9-11(2)16/h6-7,10-11H,3-5,8-9,16H2,1-2H3. The van der Waals surface area contributed by atoms with Crippen LogP contribution in [0.4, 0.5) is 0 Å². The highest BCUT2D eigenvalue weighted by molar-refractivity contribution is 9.10. The van der Waals surface area contributed by atoms with E-state index in [2.05, 4.69) is 48.0 Å². The maximum atomic E-state index is 5.90. The zero-order valence-corrected chi connectivity index (χ0v) is 13.1. The molecule has 0 aliphatic rings. The Balaban J connectivity index is 2.62. The van der Waals surface area contributed by atoms with Crippen LogP contribution in [0.15, 0.2) is 27.6 Å². The normalized spacial score (nSPS) is 12.7. The van der Waals surface area contributed by atoms with Crippen molar-refractivity contribution in [3.8, 4) is 0 Å². The van der Waals surface area contributed by atoms with Gasteiger partial charge in [-0.05, 0) is 49.3 Å². The fourth-order valence-corrected chi connectivity index (χ4v) is 3.20. The zero-order valence-electron chi connectivity index (χ0n) is 10.7. The van der Waals surface area contributed by atoms with E-state index in [0.717, 1.165) is 10.9 Å². The van der Waals surface area contributed by atoms with Crippen LogP contribution in [0.3, 0.4) is 0 Å². The summed E-state index contributed by atoms with van der Waals surface area (Å²) in [6, 6.07) is 6.75. The summed E-state index contributed by atoms with van der Waals surface area (Å²) >= 11 is 5.49. The fourth-order valence-electron chi connectivity index (χ4n) is 1.73. The molecular formula is C14H22BrNS. The summed E-state index contributed by atoms with van der Waals surface area (Å²) in [4.78, 5) is 1.39. The summed E-state index contributed by atoms with van der Waals surface area (Å²) in [7, 11) is 0. The number of thioether (sulfide) groups is 1. The van der Waals surface area contributed by atoms with Gasteiger partial charge < -0.3 is 5.73 Å². The minimum Gasteiger partial charge on any atom is -0.328 e. The minimum atomic E-state index is 0.222. The molecule has 0 bridgehead atoms. The molecule has 1 rings (SSSR count). The Morgan fingerprint density at radius 1 is 1.35 bits per heavy atom. The molecule has 0 radical (unpaired) electrons. The lowest BCUT2D eigenvalue weighted by Gasteiger charge is -2.12. The maximum absolute atomic E-state index is 5.90. The molecule has 2 N–H and O–H groups in total. The van der Waals surface area contributed by atoms with E-state index >= 15 is 0 Å². The van der Waals surface area contributed by atoms with E-state index in [-0.39, 0.29) is 6.04 Å². The molecule has 17 heavy (non-hydrogen) atoms. The molecular weight excluding hydrogens is 294 g/mol. The van der Waals surface area contributed by atoms with Gasteiger partial charge >= 0.3 is 0 Å². The van der Waals surface area contributed by atoms with Crippen molar-refractivity contribution < 1.29 is 0 Å². The van der Waals surface area contributed by atoms with Crippen molar-refractivity contribution in [1.29, 1.82) is 0 Å². The van der Waals surface area contributed by atoms with Crippen LogP contribution in [-0.4, -0.2) is 11.8 Å². The summed E-state index contributed by atoms with van der Waals surface area (Å²) in [5.74, 6) is 1.21. The number of hydrogen-bond acceptors (Lipinski definition) is 2. The van der Waals surface area contributed by atoms with Crippen LogP contribution in [0.25, 0.3) is 0 Å². The molecule has 1 aromatic rings. The van der Waals surface area contributed by atoms with E-state index in [1.807, 2.05) is 11.8 Å². The van der Waals surface area contributed by atoms with E-state index in [0.29, 0.717) is 0 Å². The fraction of sp³-hybridized carbons (Fsp3) is 0.571. The number of benzene rings is 1. The molecule has 0 spiro atoms. The van der Waals surface area contributed by atoms with Crippen molar-refractivity contribution in [2.24, 2.45) is 5.73 Å². The Hall–Kier alpha value is 0.01000. The second kappa shape index (κ2) is 8.17. The Morgan fingerprint density at radius 3 is 2.76 bits per heavy atom. The number of nitrogens with two attached hydrogens (primary N) is 1. The number of unbranched alkanes of at least 4 members (excludes halogenated alkanes) is 2. The first-order chi connectivity index (χ1) is 8.13. The highest BCUT2D eigenvalue weighted by Crippen LogP contribution is 2.27. The predicted molar refractivity (Wildman–Crippen MR) is 81.7 cm³/mol. The van der Waals surface area contributed by atoms with Gasteiger partial charge in [0.2, 0.25) is 0 Å². The minimum absolute atomic E-state index is 0.222. The third kappa shape index (κ3) is 5.94. The van der Waals surface area contributed by atoms with E-state index in [9.17, 15) is 0 Å². The van der Waals surface area contributed by atoms with Crippen LogP contribution in [0.2, 0.25) is 0 Å².